The molecule has 6 aromatic carbocycles. The van der Waals surface area contributed by atoms with E-state index in [2.05, 4.69) is 78.1 Å². The summed E-state index contributed by atoms with van der Waals surface area (Å²) < 4.78 is -1.33. The summed E-state index contributed by atoms with van der Waals surface area (Å²) in [4.78, 5) is 27.6. The monoisotopic (exact) mass is 706 g/mol. The molecule has 0 radical (unpaired) electrons. The molecule has 6 heteroatoms. The Bertz CT molecular complexity index is 1780. The molecular weight excluding hydrogens is 665 g/mol. The van der Waals surface area contributed by atoms with Crippen LogP contribution in [0.2, 0.25) is 0 Å². The molecule has 4 nitrogen and oxygen atoms in total. The molecule has 1 unspecified atom stereocenters. The first-order valence-corrected chi connectivity index (χ1v) is 19.1. The van der Waals surface area contributed by atoms with E-state index in [4.69, 9.17) is 5.73 Å². The van der Waals surface area contributed by atoms with E-state index in [1.807, 2.05) is 109 Å². The quantitative estimate of drug-likeness (QED) is 0.105. The summed E-state index contributed by atoms with van der Waals surface area (Å²) in [5.41, 5.74) is 12.8. The molecule has 6 aromatic rings. The number of nitrogens with one attached hydrogen (secondary N) is 1. The highest BCUT2D eigenvalue weighted by Crippen LogP contribution is 2.52. The highest BCUT2D eigenvalue weighted by atomic mass is 32.2. The zero-order valence-corrected chi connectivity index (χ0v) is 30.2. The van der Waals surface area contributed by atoms with E-state index in [1.54, 1.807) is 30.6 Å². The zero-order chi connectivity index (χ0) is 35.5. The number of carbonyl (C=O) groups excluding carboxylic acids is 2. The number of carbonyl (C=O) groups is 2. The summed E-state index contributed by atoms with van der Waals surface area (Å²) in [5.74, 6) is -1.51. The van der Waals surface area contributed by atoms with Crippen LogP contribution in [0.5, 0.6) is 0 Å². The van der Waals surface area contributed by atoms with Gasteiger partial charge in [0.1, 0.15) is 0 Å². The van der Waals surface area contributed by atoms with Crippen LogP contribution in [0, 0.1) is 11.8 Å². The van der Waals surface area contributed by atoms with E-state index < -0.39 is 27.2 Å². The molecule has 2 atom stereocenters. The van der Waals surface area contributed by atoms with Crippen LogP contribution in [-0.2, 0) is 19.1 Å². The van der Waals surface area contributed by atoms with Crippen molar-refractivity contribution in [2.24, 2.45) is 17.6 Å². The second kappa shape index (κ2) is 16.8. The van der Waals surface area contributed by atoms with Crippen LogP contribution in [-0.4, -0.2) is 30.4 Å². The third-order valence-electron chi connectivity index (χ3n) is 9.48. The number of nitrogens with two attached hydrogens (primary N) is 1. The Kier molecular flexibility index (Phi) is 11.8. The van der Waals surface area contributed by atoms with Crippen LogP contribution < -0.4 is 11.1 Å². The second-order valence-corrected chi connectivity index (χ2v) is 14.9. The normalized spacial score (nSPS) is 12.8. The maximum atomic E-state index is 14.0. The van der Waals surface area contributed by atoms with Crippen LogP contribution in [0.4, 0.5) is 0 Å². The number of amides is 2. The van der Waals surface area contributed by atoms with Gasteiger partial charge in [0.15, 0.2) is 0 Å². The van der Waals surface area contributed by atoms with E-state index in [9.17, 15) is 9.59 Å². The molecule has 256 valence electrons. The van der Waals surface area contributed by atoms with Crippen molar-refractivity contribution in [2.45, 2.75) is 9.49 Å². The average Bonchev–Trinajstić information content (AvgIpc) is 3.20. The Hall–Kier alpha value is -5.04. The smallest absolute Gasteiger partial charge is 0.224 e. The first kappa shape index (κ1) is 35.8. The zero-order valence-electron chi connectivity index (χ0n) is 28.6. The van der Waals surface area contributed by atoms with Crippen LogP contribution in [0.15, 0.2) is 182 Å². The van der Waals surface area contributed by atoms with Crippen molar-refractivity contribution in [3.63, 3.8) is 0 Å². The lowest BCUT2D eigenvalue weighted by Crippen LogP contribution is -2.43. The maximum absolute atomic E-state index is 14.0. The van der Waals surface area contributed by atoms with Crippen LogP contribution >= 0.6 is 23.5 Å². The molecular formula is C45H42N2O2S2. The number of primary amides is 1. The van der Waals surface area contributed by atoms with Gasteiger partial charge in [-0.05, 0) is 33.4 Å². The fraction of sp³-hybridized carbons (Fsp3) is 0.156. The maximum Gasteiger partial charge on any atom is 0.224 e. The van der Waals surface area contributed by atoms with Crippen molar-refractivity contribution in [1.29, 1.82) is 0 Å². The third kappa shape index (κ3) is 7.53. The van der Waals surface area contributed by atoms with Gasteiger partial charge in [-0.2, -0.15) is 0 Å². The molecule has 0 saturated heterocycles. The van der Waals surface area contributed by atoms with Crippen molar-refractivity contribution < 1.29 is 9.59 Å². The number of thioether (sulfide) groups is 2. The van der Waals surface area contributed by atoms with Gasteiger partial charge in [-0.1, -0.05) is 182 Å². The highest BCUT2D eigenvalue weighted by molar-refractivity contribution is 8.01. The van der Waals surface area contributed by atoms with Crippen molar-refractivity contribution in [2.75, 3.05) is 18.6 Å². The topological polar surface area (TPSA) is 72.2 Å². The van der Waals surface area contributed by atoms with Gasteiger partial charge in [-0.15, -0.1) is 23.5 Å². The minimum absolute atomic E-state index is 0.209. The number of hydrogen-bond acceptors (Lipinski definition) is 4. The van der Waals surface area contributed by atoms with E-state index in [1.165, 1.54) is 0 Å². The predicted octanol–water partition coefficient (Wildman–Crippen LogP) is 8.90. The Morgan fingerprint density at radius 1 is 0.471 bits per heavy atom. The van der Waals surface area contributed by atoms with Crippen molar-refractivity contribution in [1.82, 2.24) is 5.32 Å². The molecule has 0 heterocycles. The van der Waals surface area contributed by atoms with Gasteiger partial charge >= 0.3 is 0 Å². The van der Waals surface area contributed by atoms with E-state index in [0.29, 0.717) is 11.5 Å². The molecule has 0 aliphatic rings. The molecule has 0 aliphatic carbocycles. The Morgan fingerprint density at radius 3 is 0.922 bits per heavy atom. The molecule has 6 rings (SSSR count). The van der Waals surface area contributed by atoms with Crippen LogP contribution in [0.25, 0.3) is 0 Å². The SMILES string of the molecule is CNC(=O)[C@H](CSC(c1ccccc1)(c1ccccc1)c1ccccc1)C(CSC(c1ccccc1)(c1ccccc1)c1ccccc1)C(N)=O. The Morgan fingerprint density at radius 2 is 0.706 bits per heavy atom. The first-order valence-electron chi connectivity index (χ1n) is 17.1. The fourth-order valence-electron chi connectivity index (χ4n) is 6.92. The summed E-state index contributed by atoms with van der Waals surface area (Å²) in [6.45, 7) is 0. The van der Waals surface area contributed by atoms with E-state index in [-0.39, 0.29) is 5.91 Å². The molecule has 3 N–H and O–H groups in total. The van der Waals surface area contributed by atoms with Gasteiger partial charge in [0.25, 0.3) is 0 Å². The highest BCUT2D eigenvalue weighted by Gasteiger charge is 2.43. The fourth-order valence-corrected chi connectivity index (χ4v) is 10.4. The van der Waals surface area contributed by atoms with E-state index in [0.717, 1.165) is 33.4 Å². The van der Waals surface area contributed by atoms with Crippen molar-refractivity contribution in [3.05, 3.63) is 215 Å². The minimum Gasteiger partial charge on any atom is -0.369 e. The predicted molar refractivity (Wildman–Crippen MR) is 214 cm³/mol. The molecule has 2 amide bonds. The van der Waals surface area contributed by atoms with E-state index >= 15 is 0 Å². The summed E-state index contributed by atoms with van der Waals surface area (Å²) in [6.07, 6.45) is 0. The Balaban J connectivity index is 1.44. The van der Waals surface area contributed by atoms with Gasteiger partial charge in [-0.25, -0.2) is 0 Å². The molecule has 51 heavy (non-hydrogen) atoms. The molecule has 0 aromatic heterocycles. The second-order valence-electron chi connectivity index (χ2n) is 12.4. The standard InChI is InChI=1S/C45H42N2O2S2/c1-47-43(49)41(33-51-45(37-26-14-5-15-27-37,38-28-16-6-17-29-38)39-30-18-7-19-31-39)40(42(46)48)32-50-44(34-20-8-2-9-21-34,35-22-10-3-11-23-35)36-24-12-4-13-25-36/h2-31,40-41H,32-33H2,1H3,(H2,46,48)(H,47,49)/t40?,41-/m1/s1. The molecule has 0 aliphatic heterocycles. The van der Waals surface area contributed by atoms with Gasteiger partial charge in [0.2, 0.25) is 11.8 Å². The third-order valence-corrected chi connectivity index (χ3v) is 12.8. The average molecular weight is 707 g/mol. The lowest BCUT2D eigenvalue weighted by Gasteiger charge is -2.38. The summed E-state index contributed by atoms with van der Waals surface area (Å²) in [6, 6.07) is 62.2. The molecule has 0 spiro atoms. The number of benzene rings is 6. The van der Waals surface area contributed by atoms with Crippen LogP contribution in [0.1, 0.15) is 33.4 Å². The van der Waals surface area contributed by atoms with Crippen LogP contribution in [0.3, 0.4) is 0 Å². The minimum atomic E-state index is -0.766. The molecule has 0 fully saturated rings. The van der Waals surface area contributed by atoms with Gasteiger partial charge < -0.3 is 11.1 Å². The molecule has 0 bridgehead atoms. The lowest BCUT2D eigenvalue weighted by molar-refractivity contribution is -0.131. The van der Waals surface area contributed by atoms with Gasteiger partial charge in [0.05, 0.1) is 21.3 Å². The number of hydrogen-bond donors (Lipinski definition) is 2. The summed E-state index contributed by atoms with van der Waals surface area (Å²) in [7, 11) is 1.63. The molecule has 0 saturated carbocycles. The van der Waals surface area contributed by atoms with Crippen molar-refractivity contribution >= 4 is 35.3 Å². The summed E-state index contributed by atoms with van der Waals surface area (Å²) >= 11 is 3.32. The van der Waals surface area contributed by atoms with Gasteiger partial charge in [-0.3, -0.25) is 9.59 Å². The lowest BCUT2D eigenvalue weighted by atomic mass is 9.84. The van der Waals surface area contributed by atoms with Crippen molar-refractivity contribution in [3.8, 4) is 0 Å². The van der Waals surface area contributed by atoms with Gasteiger partial charge in [0, 0.05) is 18.6 Å². The summed E-state index contributed by atoms with van der Waals surface area (Å²) in [5, 5.41) is 2.88. The first-order chi connectivity index (χ1) is 25.0. The largest absolute Gasteiger partial charge is 0.369 e. The Labute approximate surface area is 309 Å². The number of rotatable bonds is 15.